The van der Waals surface area contributed by atoms with Gasteiger partial charge in [0.1, 0.15) is 11.5 Å². The van der Waals surface area contributed by atoms with E-state index in [2.05, 4.69) is 16.4 Å². The lowest BCUT2D eigenvalue weighted by Crippen LogP contribution is -2.44. The van der Waals surface area contributed by atoms with Crippen molar-refractivity contribution in [3.63, 3.8) is 0 Å². The van der Waals surface area contributed by atoms with Crippen molar-refractivity contribution in [2.24, 2.45) is 9.98 Å². The number of benzene rings is 2. The molecule has 0 spiro atoms. The third-order valence-corrected chi connectivity index (χ3v) is 6.14. The Hall–Kier alpha value is -3.22. The molecule has 0 unspecified atom stereocenters. The zero-order valence-corrected chi connectivity index (χ0v) is 18.5. The van der Waals surface area contributed by atoms with Crippen molar-refractivity contribution in [3.8, 4) is 0 Å². The first-order chi connectivity index (χ1) is 15.6. The number of nitrogens with zero attached hydrogens (tertiary/aromatic N) is 5. The molecular weight excluding hydrogens is 422 g/mol. The molecule has 2 aromatic rings. The van der Waals surface area contributed by atoms with E-state index in [1.807, 2.05) is 54.7 Å². The average Bonchev–Trinajstić information content (AvgIpc) is 3.02. The van der Waals surface area contributed by atoms with Gasteiger partial charge < -0.3 is 4.90 Å². The summed E-state index contributed by atoms with van der Waals surface area (Å²) in [6.45, 7) is 8.63. The molecule has 3 heterocycles. The standard InChI is InChI=1S/C25H24ClN5O/c1-2-10-29-11-13-30(14-12-29)17-21-25(32)31-22-9-8-19(26)15-20(22)24(27-16-23(31)28-21)18-6-4-3-5-7-18/h2-9,15,17H,1,10-14,16H2/b21-17-. The minimum atomic E-state index is -0.124. The maximum Gasteiger partial charge on any atom is 0.284 e. The summed E-state index contributed by atoms with van der Waals surface area (Å²) in [5, 5.41) is 0.604. The summed E-state index contributed by atoms with van der Waals surface area (Å²) in [6.07, 6.45) is 3.82. The lowest BCUT2D eigenvalue weighted by Gasteiger charge is -2.33. The number of amidine groups is 1. The molecule has 0 bridgehead atoms. The average molecular weight is 446 g/mol. The van der Waals surface area contributed by atoms with Crippen molar-refractivity contribution in [1.82, 2.24) is 9.80 Å². The number of piperazine rings is 1. The van der Waals surface area contributed by atoms with Gasteiger partial charge in [-0.05, 0) is 18.2 Å². The van der Waals surface area contributed by atoms with E-state index in [4.69, 9.17) is 21.6 Å². The maximum atomic E-state index is 13.4. The smallest absolute Gasteiger partial charge is 0.284 e. The highest BCUT2D eigenvalue weighted by atomic mass is 35.5. The van der Waals surface area contributed by atoms with Crippen LogP contribution in [0.2, 0.25) is 5.02 Å². The van der Waals surface area contributed by atoms with Gasteiger partial charge in [0.05, 0.1) is 17.9 Å². The number of halogens is 1. The fourth-order valence-electron chi connectivity index (χ4n) is 4.31. The molecule has 32 heavy (non-hydrogen) atoms. The molecule has 1 fully saturated rings. The van der Waals surface area contributed by atoms with Crippen LogP contribution in [0.3, 0.4) is 0 Å². The van der Waals surface area contributed by atoms with Crippen molar-refractivity contribution in [2.75, 3.05) is 44.2 Å². The van der Waals surface area contributed by atoms with Crippen LogP contribution < -0.4 is 4.90 Å². The molecule has 5 rings (SSSR count). The van der Waals surface area contributed by atoms with Crippen LogP contribution in [0.4, 0.5) is 5.69 Å². The highest BCUT2D eigenvalue weighted by Crippen LogP contribution is 2.33. The highest BCUT2D eigenvalue weighted by Gasteiger charge is 2.36. The Morgan fingerprint density at radius 1 is 1.06 bits per heavy atom. The molecule has 0 atom stereocenters. The number of hydrogen-bond acceptors (Lipinski definition) is 5. The summed E-state index contributed by atoms with van der Waals surface area (Å²) in [5.41, 5.74) is 3.85. The highest BCUT2D eigenvalue weighted by molar-refractivity contribution is 6.34. The third-order valence-electron chi connectivity index (χ3n) is 5.91. The molecular formula is C25H24ClN5O. The Labute approximate surface area is 192 Å². The van der Waals surface area contributed by atoms with Gasteiger partial charge in [-0.2, -0.15) is 0 Å². The predicted molar refractivity (Wildman–Crippen MR) is 130 cm³/mol. The minimum absolute atomic E-state index is 0.124. The molecule has 1 amide bonds. The maximum absolute atomic E-state index is 13.4. The zero-order valence-electron chi connectivity index (χ0n) is 17.7. The molecule has 1 saturated heterocycles. The summed E-state index contributed by atoms with van der Waals surface area (Å²) in [4.78, 5) is 29.2. The molecule has 7 heteroatoms. The van der Waals surface area contributed by atoms with Gasteiger partial charge in [0.25, 0.3) is 5.91 Å². The van der Waals surface area contributed by atoms with E-state index in [-0.39, 0.29) is 5.91 Å². The number of anilines is 1. The first-order valence-corrected chi connectivity index (χ1v) is 11.1. The van der Waals surface area contributed by atoms with Gasteiger partial charge in [-0.1, -0.05) is 48.0 Å². The number of hydrogen-bond donors (Lipinski definition) is 0. The van der Waals surface area contributed by atoms with E-state index in [1.54, 1.807) is 11.0 Å². The number of rotatable bonds is 4. The van der Waals surface area contributed by atoms with Crippen LogP contribution in [0.1, 0.15) is 11.1 Å². The van der Waals surface area contributed by atoms with Gasteiger partial charge in [-0.25, -0.2) is 4.99 Å². The molecule has 0 aliphatic carbocycles. The van der Waals surface area contributed by atoms with Gasteiger partial charge in [0.2, 0.25) is 0 Å². The molecule has 0 N–H and O–H groups in total. The largest absolute Gasteiger partial charge is 0.373 e. The van der Waals surface area contributed by atoms with E-state index >= 15 is 0 Å². The Bertz CT molecular complexity index is 1150. The summed E-state index contributed by atoms with van der Waals surface area (Å²) >= 11 is 6.34. The molecule has 0 aromatic heterocycles. The van der Waals surface area contributed by atoms with E-state index in [1.165, 1.54) is 0 Å². The van der Waals surface area contributed by atoms with Crippen LogP contribution in [0, 0.1) is 0 Å². The topological polar surface area (TPSA) is 51.5 Å². The fraction of sp³-hybridized carbons (Fsp3) is 0.240. The van der Waals surface area contributed by atoms with Crippen LogP contribution >= 0.6 is 11.6 Å². The Morgan fingerprint density at radius 2 is 1.84 bits per heavy atom. The second kappa shape index (κ2) is 8.73. The fourth-order valence-corrected chi connectivity index (χ4v) is 4.48. The number of fused-ring (bicyclic) bond motifs is 3. The molecule has 6 nitrogen and oxygen atoms in total. The van der Waals surface area contributed by atoms with Gasteiger partial charge >= 0.3 is 0 Å². The lowest BCUT2D eigenvalue weighted by atomic mass is 10.00. The molecule has 0 saturated carbocycles. The molecule has 0 radical (unpaired) electrons. The van der Waals surface area contributed by atoms with Crippen LogP contribution in [0.5, 0.6) is 0 Å². The molecule has 2 aromatic carbocycles. The SMILES string of the molecule is C=CCN1CCN(/C=C2\N=C3CN=C(c4ccccc4)c4cc(Cl)ccc4N3C2=O)CC1. The Kier molecular flexibility index (Phi) is 5.64. The quantitative estimate of drug-likeness (QED) is 0.534. The van der Waals surface area contributed by atoms with Crippen LogP contribution in [-0.2, 0) is 4.79 Å². The normalized spacial score (nSPS) is 19.9. The van der Waals surface area contributed by atoms with Crippen LogP contribution in [0.15, 0.2) is 83.1 Å². The molecule has 3 aliphatic heterocycles. The van der Waals surface area contributed by atoms with Gasteiger partial charge in [0.15, 0.2) is 0 Å². The third kappa shape index (κ3) is 3.87. The van der Waals surface area contributed by atoms with E-state index in [0.717, 1.165) is 55.2 Å². The number of carbonyl (C=O) groups excluding carboxylic acids is 1. The van der Waals surface area contributed by atoms with Crippen molar-refractivity contribution >= 4 is 34.7 Å². The van der Waals surface area contributed by atoms with Gasteiger partial charge in [0, 0.05) is 55.1 Å². The van der Waals surface area contributed by atoms with Gasteiger partial charge in [-0.15, -0.1) is 6.58 Å². The summed E-state index contributed by atoms with van der Waals surface area (Å²) in [7, 11) is 0. The monoisotopic (exact) mass is 445 g/mol. The van der Waals surface area contributed by atoms with E-state index < -0.39 is 0 Å². The van der Waals surface area contributed by atoms with Crippen molar-refractivity contribution in [2.45, 2.75) is 0 Å². The van der Waals surface area contributed by atoms with Crippen LogP contribution in [-0.4, -0.2) is 66.5 Å². The zero-order chi connectivity index (χ0) is 22.1. The summed E-state index contributed by atoms with van der Waals surface area (Å²) < 4.78 is 0. The minimum Gasteiger partial charge on any atom is -0.373 e. The molecule has 162 valence electrons. The second-order valence-corrected chi connectivity index (χ2v) is 8.44. The predicted octanol–water partition coefficient (Wildman–Crippen LogP) is 3.58. The number of carbonyl (C=O) groups is 1. The summed E-state index contributed by atoms with van der Waals surface area (Å²) in [5.74, 6) is 0.516. The first kappa shape index (κ1) is 20.7. The van der Waals surface area contributed by atoms with Crippen molar-refractivity contribution in [3.05, 3.63) is 89.2 Å². The van der Waals surface area contributed by atoms with Crippen molar-refractivity contribution < 1.29 is 4.79 Å². The van der Waals surface area contributed by atoms with Gasteiger partial charge in [-0.3, -0.25) is 19.6 Å². The molecule has 3 aliphatic rings. The number of amides is 1. The number of aliphatic imine (C=N–C) groups is 2. The van der Waals surface area contributed by atoms with Crippen LogP contribution in [0.25, 0.3) is 0 Å². The second-order valence-electron chi connectivity index (χ2n) is 8.00. The Balaban J connectivity index is 1.48. The van der Waals surface area contributed by atoms with E-state index in [0.29, 0.717) is 23.1 Å². The first-order valence-electron chi connectivity index (χ1n) is 10.7. The van der Waals surface area contributed by atoms with Crippen molar-refractivity contribution in [1.29, 1.82) is 0 Å². The lowest BCUT2D eigenvalue weighted by molar-refractivity contribution is -0.114. The summed E-state index contributed by atoms with van der Waals surface area (Å²) in [6, 6.07) is 15.5. The van der Waals surface area contributed by atoms with E-state index in [9.17, 15) is 4.79 Å². The Morgan fingerprint density at radius 3 is 2.59 bits per heavy atom.